The first-order valence-corrected chi connectivity index (χ1v) is 12.6. The van der Waals surface area contributed by atoms with E-state index in [4.69, 9.17) is 28.0 Å². The quantitative estimate of drug-likeness (QED) is 0.332. The molecule has 0 bridgehead atoms. The number of hydrogen-bond acceptors (Lipinski definition) is 6. The van der Waals surface area contributed by atoms with Gasteiger partial charge in [-0.05, 0) is 60.9 Å². The number of halogens is 5. The monoisotopic (exact) mass is 578 g/mol. The molecule has 204 valence electrons. The molecular weight excluding hydrogens is 556 g/mol. The molecule has 0 fully saturated rings. The second-order valence-electron chi connectivity index (χ2n) is 9.51. The van der Waals surface area contributed by atoms with Gasteiger partial charge in [-0.1, -0.05) is 48.3 Å². The molecule has 0 aliphatic carbocycles. The van der Waals surface area contributed by atoms with Gasteiger partial charge in [0.1, 0.15) is 0 Å². The molecule has 0 saturated carbocycles. The fourth-order valence-corrected chi connectivity index (χ4v) is 4.62. The number of anilines is 1. The first-order chi connectivity index (χ1) is 18.2. The zero-order valence-electron chi connectivity index (χ0n) is 21.3. The van der Waals surface area contributed by atoms with Crippen molar-refractivity contribution in [1.82, 2.24) is 9.97 Å². The van der Waals surface area contributed by atoms with E-state index in [9.17, 15) is 22.8 Å². The van der Waals surface area contributed by atoms with Crippen LogP contribution in [0.3, 0.4) is 0 Å². The van der Waals surface area contributed by atoms with Crippen LogP contribution < -0.4 is 4.90 Å². The summed E-state index contributed by atoms with van der Waals surface area (Å²) in [6.45, 7) is 6.66. The Labute approximate surface area is 232 Å². The van der Waals surface area contributed by atoms with Gasteiger partial charge >= 0.3 is 6.18 Å². The van der Waals surface area contributed by atoms with Crippen molar-refractivity contribution >= 4 is 46.7 Å². The molecule has 0 spiro atoms. The molecule has 1 aliphatic rings. The Morgan fingerprint density at radius 1 is 1.03 bits per heavy atom. The van der Waals surface area contributed by atoms with Crippen LogP contribution >= 0.6 is 23.2 Å². The van der Waals surface area contributed by atoms with Crippen LogP contribution in [0.5, 0.6) is 0 Å². The van der Waals surface area contributed by atoms with E-state index in [1.807, 2.05) is 0 Å². The average Bonchev–Trinajstić information content (AvgIpc) is 3.32. The van der Waals surface area contributed by atoms with Crippen LogP contribution in [0.2, 0.25) is 10.0 Å². The summed E-state index contributed by atoms with van der Waals surface area (Å²) in [4.78, 5) is 40.7. The number of aryl methyl sites for hydroxylation is 2. The van der Waals surface area contributed by atoms with Gasteiger partial charge in [-0.15, -0.1) is 0 Å². The third-order valence-electron chi connectivity index (χ3n) is 6.19. The number of alkyl halides is 3. The maximum atomic E-state index is 14.3. The minimum atomic E-state index is -4.84. The molecule has 1 atom stereocenters. The van der Waals surface area contributed by atoms with Crippen molar-refractivity contribution in [3.63, 3.8) is 0 Å². The number of benzene rings is 2. The molecule has 4 rings (SSSR count). The van der Waals surface area contributed by atoms with Gasteiger partial charge in [0.15, 0.2) is 0 Å². The second kappa shape index (κ2) is 10.6. The summed E-state index contributed by atoms with van der Waals surface area (Å²) < 4.78 is 43.0. The molecule has 1 aromatic heterocycles. The zero-order chi connectivity index (χ0) is 28.7. The predicted octanol–water partition coefficient (Wildman–Crippen LogP) is 6.81. The Hall–Kier alpha value is -3.50. The number of hydrogen-bond donors (Lipinski definition) is 0. The summed E-state index contributed by atoms with van der Waals surface area (Å²) in [5.41, 5.74) is -1.43. The normalized spacial score (nSPS) is 17.1. The molecule has 1 aliphatic heterocycles. The Bertz CT molecular complexity index is 1460. The van der Waals surface area contributed by atoms with Crippen LogP contribution in [-0.2, 0) is 15.2 Å². The van der Waals surface area contributed by atoms with Gasteiger partial charge < -0.3 is 4.84 Å². The number of amides is 2. The van der Waals surface area contributed by atoms with Gasteiger partial charge in [-0.25, -0.2) is 14.9 Å². The zero-order valence-corrected chi connectivity index (χ0v) is 22.8. The summed E-state index contributed by atoms with van der Waals surface area (Å²) >= 11 is 11.9. The summed E-state index contributed by atoms with van der Waals surface area (Å²) in [7, 11) is 0. The lowest BCUT2D eigenvalue weighted by Gasteiger charge is -2.29. The van der Waals surface area contributed by atoms with Crippen LogP contribution in [-0.4, -0.2) is 33.7 Å². The van der Waals surface area contributed by atoms with Crippen LogP contribution in [0.1, 0.15) is 52.9 Å². The number of imide groups is 1. The lowest BCUT2D eigenvalue weighted by molar-refractivity contribution is -0.275. The predicted molar refractivity (Wildman–Crippen MR) is 141 cm³/mol. The van der Waals surface area contributed by atoms with Crippen LogP contribution in [0.4, 0.5) is 19.1 Å². The van der Waals surface area contributed by atoms with Crippen LogP contribution in [0.15, 0.2) is 53.9 Å². The highest BCUT2D eigenvalue weighted by Crippen LogP contribution is 2.49. The molecule has 0 saturated heterocycles. The van der Waals surface area contributed by atoms with E-state index in [1.165, 1.54) is 36.7 Å². The van der Waals surface area contributed by atoms with Crippen molar-refractivity contribution < 1.29 is 27.6 Å². The Morgan fingerprint density at radius 2 is 1.64 bits per heavy atom. The van der Waals surface area contributed by atoms with Gasteiger partial charge in [0, 0.05) is 45.9 Å². The minimum absolute atomic E-state index is 0.0162. The largest absolute Gasteiger partial charge is 0.435 e. The summed E-state index contributed by atoms with van der Waals surface area (Å²) in [6, 6.07) is 7.99. The van der Waals surface area contributed by atoms with Crippen LogP contribution in [0, 0.1) is 19.8 Å². The SMILES string of the molecule is Cc1cnc(N(C(=O)c2ccc(C3=NOC(c4cc(Cl)cc(Cl)c4)(C(F)(F)F)C3)cc2C)C(=O)C(C)C)nc1. The highest BCUT2D eigenvalue weighted by atomic mass is 35.5. The number of carbonyl (C=O) groups is 2. The molecule has 2 aromatic carbocycles. The molecule has 7 nitrogen and oxygen atoms in total. The standard InChI is InChI=1S/C27H23Cl2F3N4O3/c1-14(2)23(37)36(25-33-12-15(3)13-34-25)24(38)21-6-5-17(7-16(21)4)22-11-26(39-35-22,27(30,31)32)18-8-19(28)10-20(29)9-18/h5-10,12-14H,11H2,1-4H3. The smallest absolute Gasteiger partial charge is 0.374 e. The third kappa shape index (κ3) is 5.49. The minimum Gasteiger partial charge on any atom is -0.374 e. The lowest BCUT2D eigenvalue weighted by atomic mass is 9.86. The van der Waals surface area contributed by atoms with E-state index in [1.54, 1.807) is 27.7 Å². The molecule has 12 heteroatoms. The van der Waals surface area contributed by atoms with E-state index >= 15 is 0 Å². The van der Waals surface area contributed by atoms with E-state index in [0.29, 0.717) is 11.1 Å². The first-order valence-electron chi connectivity index (χ1n) is 11.8. The summed E-state index contributed by atoms with van der Waals surface area (Å²) in [5.74, 6) is -1.77. The topological polar surface area (TPSA) is 84.8 Å². The van der Waals surface area contributed by atoms with Crippen molar-refractivity contribution in [1.29, 1.82) is 0 Å². The van der Waals surface area contributed by atoms with E-state index in [2.05, 4.69) is 15.1 Å². The Morgan fingerprint density at radius 3 is 2.18 bits per heavy atom. The van der Waals surface area contributed by atoms with Crippen LogP contribution in [0.25, 0.3) is 0 Å². The molecule has 0 N–H and O–H groups in total. The summed E-state index contributed by atoms with van der Waals surface area (Å²) in [5, 5.41) is 3.81. The van der Waals surface area contributed by atoms with Crippen molar-refractivity contribution in [2.24, 2.45) is 11.1 Å². The molecule has 3 aromatic rings. The maximum absolute atomic E-state index is 14.3. The molecular formula is C27H23Cl2F3N4O3. The Kier molecular flexibility index (Phi) is 7.73. The molecule has 1 unspecified atom stereocenters. The number of rotatable bonds is 5. The molecule has 39 heavy (non-hydrogen) atoms. The van der Waals surface area contributed by atoms with E-state index in [0.717, 1.165) is 22.6 Å². The summed E-state index contributed by atoms with van der Waals surface area (Å²) in [6.07, 6.45) is -2.51. The molecule has 2 heterocycles. The van der Waals surface area contributed by atoms with Crippen molar-refractivity contribution in [3.05, 3.63) is 86.7 Å². The molecule has 0 radical (unpaired) electrons. The van der Waals surface area contributed by atoms with Gasteiger partial charge in [0.2, 0.25) is 11.9 Å². The number of aromatic nitrogens is 2. The van der Waals surface area contributed by atoms with Crippen molar-refractivity contribution in [3.8, 4) is 0 Å². The third-order valence-corrected chi connectivity index (χ3v) is 6.63. The fourth-order valence-electron chi connectivity index (χ4n) is 4.10. The average molecular weight is 579 g/mol. The van der Waals surface area contributed by atoms with Crippen molar-refractivity contribution in [2.45, 2.75) is 45.9 Å². The lowest BCUT2D eigenvalue weighted by Crippen LogP contribution is -2.42. The number of nitrogens with zero attached hydrogens (tertiary/aromatic N) is 4. The second-order valence-corrected chi connectivity index (χ2v) is 10.4. The number of oxime groups is 1. The Balaban J connectivity index is 1.68. The molecule has 2 amide bonds. The van der Waals surface area contributed by atoms with E-state index in [-0.39, 0.29) is 32.8 Å². The van der Waals surface area contributed by atoms with Gasteiger partial charge in [0.25, 0.3) is 11.5 Å². The fraction of sp³-hybridized carbons (Fsp3) is 0.296. The van der Waals surface area contributed by atoms with Crippen molar-refractivity contribution in [2.75, 3.05) is 4.90 Å². The van der Waals surface area contributed by atoms with E-state index < -0.39 is 35.9 Å². The number of carbonyl (C=O) groups excluding carboxylic acids is 2. The first kappa shape index (κ1) is 28.5. The highest BCUT2D eigenvalue weighted by molar-refractivity contribution is 6.34. The van der Waals surface area contributed by atoms with Gasteiger partial charge in [-0.3, -0.25) is 9.59 Å². The van der Waals surface area contributed by atoms with Gasteiger partial charge in [0.05, 0.1) is 5.71 Å². The highest BCUT2D eigenvalue weighted by Gasteiger charge is 2.62. The van der Waals surface area contributed by atoms with Gasteiger partial charge in [-0.2, -0.15) is 13.2 Å². The maximum Gasteiger partial charge on any atom is 0.435 e.